The van der Waals surface area contributed by atoms with Crippen LogP contribution in [0.1, 0.15) is 32.8 Å². The van der Waals surface area contributed by atoms with Crippen molar-refractivity contribution in [2.24, 2.45) is 0 Å². The van der Waals surface area contributed by atoms with Crippen LogP contribution in [-0.4, -0.2) is 23.5 Å². The zero-order chi connectivity index (χ0) is 19.7. The summed E-state index contributed by atoms with van der Waals surface area (Å²) in [5.41, 5.74) is 2.36. The fraction of sp³-hybridized carbons (Fsp3) is 0.200. The van der Waals surface area contributed by atoms with Gasteiger partial charge in [0.2, 0.25) is 0 Å². The SMILES string of the molecule is N#Cc1c(NC(=O)COC(=O)c2cc(Cl)nc3ccccc23)sc2c1CCC2. The number of nitriles is 1. The largest absolute Gasteiger partial charge is 0.452 e. The number of fused-ring (bicyclic) bond motifs is 2. The summed E-state index contributed by atoms with van der Waals surface area (Å²) >= 11 is 7.40. The van der Waals surface area contributed by atoms with Crippen LogP contribution in [0.2, 0.25) is 5.15 Å². The summed E-state index contributed by atoms with van der Waals surface area (Å²) < 4.78 is 5.16. The molecular weight excluding hydrogens is 398 g/mol. The predicted molar refractivity (Wildman–Crippen MR) is 107 cm³/mol. The lowest BCUT2D eigenvalue weighted by Gasteiger charge is -2.08. The summed E-state index contributed by atoms with van der Waals surface area (Å²) in [7, 11) is 0. The number of rotatable bonds is 4. The topological polar surface area (TPSA) is 92.1 Å². The van der Waals surface area contributed by atoms with Gasteiger partial charge < -0.3 is 10.1 Å². The zero-order valence-electron chi connectivity index (χ0n) is 14.6. The van der Waals surface area contributed by atoms with E-state index in [1.54, 1.807) is 24.3 Å². The molecule has 1 amide bonds. The van der Waals surface area contributed by atoms with Gasteiger partial charge in [-0.2, -0.15) is 5.26 Å². The third-order valence-electron chi connectivity index (χ3n) is 4.53. The number of amides is 1. The normalized spacial score (nSPS) is 12.4. The predicted octanol–water partition coefficient (Wildman–Crippen LogP) is 4.11. The third kappa shape index (κ3) is 3.44. The number of aryl methyl sites for hydroxylation is 1. The number of esters is 1. The molecule has 6 nitrogen and oxygen atoms in total. The van der Waals surface area contributed by atoms with E-state index in [1.807, 2.05) is 0 Å². The first kappa shape index (κ1) is 18.4. The summed E-state index contributed by atoms with van der Waals surface area (Å²) in [6, 6.07) is 10.6. The van der Waals surface area contributed by atoms with Crippen molar-refractivity contribution < 1.29 is 14.3 Å². The Kier molecular flexibility index (Phi) is 4.99. The lowest BCUT2D eigenvalue weighted by molar-refractivity contribution is -0.119. The van der Waals surface area contributed by atoms with E-state index in [0.29, 0.717) is 21.5 Å². The van der Waals surface area contributed by atoms with Crippen molar-refractivity contribution in [1.82, 2.24) is 4.98 Å². The molecule has 140 valence electrons. The summed E-state index contributed by atoms with van der Waals surface area (Å²) in [4.78, 5) is 30.0. The van der Waals surface area contributed by atoms with Crippen molar-refractivity contribution in [2.45, 2.75) is 19.3 Å². The van der Waals surface area contributed by atoms with Gasteiger partial charge in [0, 0.05) is 10.3 Å². The van der Waals surface area contributed by atoms with Gasteiger partial charge in [0.1, 0.15) is 16.2 Å². The van der Waals surface area contributed by atoms with Crippen LogP contribution < -0.4 is 5.32 Å². The van der Waals surface area contributed by atoms with Gasteiger partial charge in [0.15, 0.2) is 6.61 Å². The number of hydrogen-bond acceptors (Lipinski definition) is 6. The molecule has 2 aromatic heterocycles. The number of anilines is 1. The Labute approximate surface area is 169 Å². The van der Waals surface area contributed by atoms with Crippen molar-refractivity contribution in [1.29, 1.82) is 5.26 Å². The van der Waals surface area contributed by atoms with Crippen LogP contribution in [-0.2, 0) is 22.4 Å². The number of nitrogens with zero attached hydrogens (tertiary/aromatic N) is 2. The van der Waals surface area contributed by atoms with E-state index in [1.165, 1.54) is 17.4 Å². The lowest BCUT2D eigenvalue weighted by atomic mass is 10.1. The molecule has 0 fully saturated rings. The first-order valence-electron chi connectivity index (χ1n) is 8.63. The zero-order valence-corrected chi connectivity index (χ0v) is 16.2. The highest BCUT2D eigenvalue weighted by Gasteiger charge is 2.23. The van der Waals surface area contributed by atoms with Gasteiger partial charge in [0.05, 0.1) is 16.6 Å². The number of para-hydroxylation sites is 1. The third-order valence-corrected chi connectivity index (χ3v) is 5.93. The lowest BCUT2D eigenvalue weighted by Crippen LogP contribution is -2.21. The molecule has 0 bridgehead atoms. The second-order valence-corrected chi connectivity index (χ2v) is 7.80. The van der Waals surface area contributed by atoms with Gasteiger partial charge in [-0.05, 0) is 37.0 Å². The average molecular weight is 412 g/mol. The minimum Gasteiger partial charge on any atom is -0.452 e. The van der Waals surface area contributed by atoms with Crippen LogP contribution in [0.3, 0.4) is 0 Å². The van der Waals surface area contributed by atoms with Gasteiger partial charge >= 0.3 is 5.97 Å². The van der Waals surface area contributed by atoms with E-state index in [2.05, 4.69) is 16.4 Å². The maximum atomic E-state index is 12.5. The minimum absolute atomic E-state index is 0.168. The van der Waals surface area contributed by atoms with E-state index >= 15 is 0 Å². The Balaban J connectivity index is 1.46. The number of ether oxygens (including phenoxy) is 1. The van der Waals surface area contributed by atoms with Gasteiger partial charge in [0.25, 0.3) is 5.91 Å². The Morgan fingerprint density at radius 1 is 1.32 bits per heavy atom. The highest BCUT2D eigenvalue weighted by atomic mass is 35.5. The number of carbonyl (C=O) groups excluding carboxylic acids is 2. The smallest absolute Gasteiger partial charge is 0.339 e. The van der Waals surface area contributed by atoms with Crippen molar-refractivity contribution in [3.63, 3.8) is 0 Å². The number of carbonyl (C=O) groups is 2. The van der Waals surface area contributed by atoms with E-state index in [-0.39, 0.29) is 10.7 Å². The average Bonchev–Trinajstić information content (AvgIpc) is 3.26. The van der Waals surface area contributed by atoms with Crippen LogP contribution in [0.5, 0.6) is 0 Å². The van der Waals surface area contributed by atoms with Gasteiger partial charge in [-0.3, -0.25) is 4.79 Å². The fourth-order valence-corrected chi connectivity index (χ4v) is 4.75. The quantitative estimate of drug-likeness (QED) is 0.515. The van der Waals surface area contributed by atoms with E-state index in [4.69, 9.17) is 16.3 Å². The fourth-order valence-electron chi connectivity index (χ4n) is 3.29. The molecule has 1 aromatic carbocycles. The second kappa shape index (κ2) is 7.58. The van der Waals surface area contributed by atoms with Crippen molar-refractivity contribution in [3.05, 3.63) is 57.1 Å². The summed E-state index contributed by atoms with van der Waals surface area (Å²) in [6.45, 7) is -0.458. The number of nitrogens with one attached hydrogen (secondary N) is 1. The molecule has 1 N–H and O–H groups in total. The number of pyridine rings is 1. The monoisotopic (exact) mass is 411 g/mol. The number of thiophene rings is 1. The number of benzene rings is 1. The first-order valence-corrected chi connectivity index (χ1v) is 9.83. The van der Waals surface area contributed by atoms with Crippen LogP contribution in [0.25, 0.3) is 10.9 Å². The Morgan fingerprint density at radius 3 is 2.96 bits per heavy atom. The standard InChI is InChI=1S/C20H14ClN3O3S/c21-17-8-13(11-4-1-2-6-15(11)23-17)20(26)27-10-18(25)24-19-14(9-22)12-5-3-7-16(12)28-19/h1-2,4,6,8H,3,5,7,10H2,(H,24,25). The molecule has 0 atom stereocenters. The summed E-state index contributed by atoms with van der Waals surface area (Å²) in [5, 5.41) is 13.4. The molecule has 4 rings (SSSR count). The molecule has 2 heterocycles. The summed E-state index contributed by atoms with van der Waals surface area (Å²) in [5.74, 6) is -1.15. The first-order chi connectivity index (χ1) is 13.6. The molecule has 28 heavy (non-hydrogen) atoms. The molecule has 1 aliphatic carbocycles. The molecular formula is C20H14ClN3O3S. The van der Waals surface area contributed by atoms with E-state index < -0.39 is 18.5 Å². The number of aromatic nitrogens is 1. The van der Waals surface area contributed by atoms with Gasteiger partial charge in [-0.1, -0.05) is 29.8 Å². The highest BCUT2D eigenvalue weighted by molar-refractivity contribution is 7.16. The van der Waals surface area contributed by atoms with Crippen molar-refractivity contribution in [2.75, 3.05) is 11.9 Å². The molecule has 1 aliphatic rings. The summed E-state index contributed by atoms with van der Waals surface area (Å²) in [6.07, 6.45) is 2.81. The van der Waals surface area contributed by atoms with Crippen LogP contribution in [0.4, 0.5) is 5.00 Å². The molecule has 0 spiro atoms. The number of halogens is 1. The maximum absolute atomic E-state index is 12.5. The van der Waals surface area contributed by atoms with Gasteiger partial charge in [-0.15, -0.1) is 11.3 Å². The van der Waals surface area contributed by atoms with Gasteiger partial charge in [-0.25, -0.2) is 9.78 Å². The molecule has 0 saturated heterocycles. The van der Waals surface area contributed by atoms with Crippen molar-refractivity contribution >= 4 is 50.7 Å². The van der Waals surface area contributed by atoms with Crippen molar-refractivity contribution in [3.8, 4) is 6.07 Å². The Bertz CT molecular complexity index is 1150. The second-order valence-electron chi connectivity index (χ2n) is 6.31. The van der Waals surface area contributed by atoms with E-state index in [9.17, 15) is 14.9 Å². The Morgan fingerprint density at radius 2 is 2.14 bits per heavy atom. The molecule has 8 heteroatoms. The van der Waals surface area contributed by atoms with Crippen LogP contribution >= 0.6 is 22.9 Å². The molecule has 3 aromatic rings. The minimum atomic E-state index is -0.662. The molecule has 0 aliphatic heterocycles. The molecule has 0 radical (unpaired) electrons. The Hall–Kier alpha value is -2.95. The number of hydrogen-bond donors (Lipinski definition) is 1. The van der Waals surface area contributed by atoms with Crippen LogP contribution in [0.15, 0.2) is 30.3 Å². The van der Waals surface area contributed by atoms with Crippen LogP contribution in [0, 0.1) is 11.3 Å². The molecule has 0 unspecified atom stereocenters. The maximum Gasteiger partial charge on any atom is 0.339 e. The van der Waals surface area contributed by atoms with E-state index in [0.717, 1.165) is 29.7 Å². The molecule has 0 saturated carbocycles. The highest BCUT2D eigenvalue weighted by Crippen LogP contribution is 2.38.